The van der Waals surface area contributed by atoms with Gasteiger partial charge >= 0.3 is 0 Å². The van der Waals surface area contributed by atoms with Crippen molar-refractivity contribution in [1.82, 2.24) is 0 Å². The zero-order valence-electron chi connectivity index (χ0n) is 6.87. The monoisotopic (exact) mass is 266 g/mol. The highest BCUT2D eigenvalue weighted by molar-refractivity contribution is 9.10. The maximum Gasteiger partial charge on any atom is 0.231 e. The molecule has 72 valence electrons. The molecule has 5 heteroatoms. The Hall–Kier alpha value is -0.610. The molecule has 3 nitrogen and oxygen atoms in total. The Kier molecular flexibility index (Phi) is 3.27. The van der Waals surface area contributed by atoms with E-state index >= 15 is 0 Å². The van der Waals surface area contributed by atoms with Gasteiger partial charge in [-0.25, -0.2) is 0 Å². The molecule has 13 heavy (non-hydrogen) atoms. The summed E-state index contributed by atoms with van der Waals surface area (Å²) in [6.45, 7) is 0.287. The highest BCUT2D eigenvalue weighted by atomic mass is 79.9. The molecule has 1 aromatic rings. The van der Waals surface area contributed by atoms with Crippen molar-refractivity contribution < 1.29 is 14.2 Å². The number of hydrogen-bond donors (Lipinski definition) is 0. The minimum atomic E-state index is 0. The minimum absolute atomic E-state index is 0. The second kappa shape index (κ2) is 4.07. The fraction of sp³-hybridized carbons (Fsp3) is 0.250. The normalized spacial score (nSPS) is 12.2. The summed E-state index contributed by atoms with van der Waals surface area (Å²) in [5.41, 5.74) is 0. The molecule has 0 aliphatic carbocycles. The summed E-state index contributed by atoms with van der Waals surface area (Å²) < 4.78 is 16.3. The van der Waals surface area contributed by atoms with Gasteiger partial charge in [0.2, 0.25) is 6.79 Å². The molecule has 1 aliphatic rings. The maximum absolute atomic E-state index is 5.17. The first-order chi connectivity index (χ1) is 5.81. The van der Waals surface area contributed by atoms with Crippen LogP contribution < -0.4 is 14.2 Å². The van der Waals surface area contributed by atoms with Crippen molar-refractivity contribution in [3.05, 3.63) is 16.6 Å². The van der Waals surface area contributed by atoms with Crippen LogP contribution in [0.2, 0.25) is 0 Å². The SMILES string of the molecule is COc1cc2c(cc1Br)OCO2.Cl. The van der Waals surface area contributed by atoms with Crippen molar-refractivity contribution >= 4 is 28.3 Å². The first kappa shape index (κ1) is 10.5. The standard InChI is InChI=1S/C8H7BrO3.ClH/c1-10-6-3-8-7(2-5(6)9)11-4-12-8;/h2-3H,4H2,1H3;1H. The van der Waals surface area contributed by atoms with E-state index in [9.17, 15) is 0 Å². The average Bonchev–Trinajstić information content (AvgIpc) is 2.49. The maximum atomic E-state index is 5.17. The van der Waals surface area contributed by atoms with Crippen LogP contribution in [0.4, 0.5) is 0 Å². The van der Waals surface area contributed by atoms with E-state index in [-0.39, 0.29) is 19.2 Å². The fourth-order valence-corrected chi connectivity index (χ4v) is 1.54. The fourth-order valence-electron chi connectivity index (χ4n) is 1.05. The van der Waals surface area contributed by atoms with Crippen molar-refractivity contribution in [1.29, 1.82) is 0 Å². The topological polar surface area (TPSA) is 27.7 Å². The quantitative estimate of drug-likeness (QED) is 0.783. The number of hydrogen-bond acceptors (Lipinski definition) is 3. The van der Waals surface area contributed by atoms with Crippen molar-refractivity contribution in [3.63, 3.8) is 0 Å². The summed E-state index contributed by atoms with van der Waals surface area (Å²) in [5, 5.41) is 0. The van der Waals surface area contributed by atoms with Gasteiger partial charge in [0.05, 0.1) is 11.6 Å². The number of halogens is 2. The summed E-state index contributed by atoms with van der Waals surface area (Å²) in [4.78, 5) is 0. The van der Waals surface area contributed by atoms with Gasteiger partial charge in [0, 0.05) is 12.1 Å². The molecule has 0 N–H and O–H groups in total. The lowest BCUT2D eigenvalue weighted by Gasteiger charge is -2.03. The molecule has 0 amide bonds. The summed E-state index contributed by atoms with van der Waals surface area (Å²) >= 11 is 3.35. The lowest BCUT2D eigenvalue weighted by atomic mass is 10.3. The molecule has 1 aliphatic heterocycles. The third-order valence-electron chi connectivity index (χ3n) is 1.65. The molecule has 0 saturated heterocycles. The Morgan fingerprint density at radius 1 is 1.31 bits per heavy atom. The largest absolute Gasteiger partial charge is 0.495 e. The molecule has 1 heterocycles. The Morgan fingerprint density at radius 3 is 2.54 bits per heavy atom. The van der Waals surface area contributed by atoms with Crippen LogP contribution in [0.1, 0.15) is 0 Å². The molecule has 0 unspecified atom stereocenters. The van der Waals surface area contributed by atoms with Crippen molar-refractivity contribution in [3.8, 4) is 17.2 Å². The van der Waals surface area contributed by atoms with Gasteiger partial charge in [-0.3, -0.25) is 0 Å². The summed E-state index contributed by atoms with van der Waals surface area (Å²) in [6.07, 6.45) is 0. The van der Waals surface area contributed by atoms with E-state index in [1.54, 1.807) is 13.2 Å². The molecule has 2 rings (SSSR count). The summed E-state index contributed by atoms with van der Waals surface area (Å²) in [5.74, 6) is 2.23. The van der Waals surface area contributed by atoms with E-state index in [1.165, 1.54) is 0 Å². The van der Waals surface area contributed by atoms with E-state index in [0.717, 1.165) is 21.7 Å². The lowest BCUT2D eigenvalue weighted by molar-refractivity contribution is 0.174. The van der Waals surface area contributed by atoms with Crippen LogP contribution >= 0.6 is 28.3 Å². The van der Waals surface area contributed by atoms with E-state index in [0.29, 0.717) is 0 Å². The highest BCUT2D eigenvalue weighted by Crippen LogP contribution is 2.40. The number of ether oxygens (including phenoxy) is 3. The molecular weight excluding hydrogens is 259 g/mol. The Bertz CT molecular complexity index is 316. The van der Waals surface area contributed by atoms with Gasteiger partial charge < -0.3 is 14.2 Å². The van der Waals surface area contributed by atoms with Crippen LogP contribution in [0.15, 0.2) is 16.6 Å². The van der Waals surface area contributed by atoms with Gasteiger partial charge in [-0.15, -0.1) is 12.4 Å². The van der Waals surface area contributed by atoms with Gasteiger partial charge in [0.25, 0.3) is 0 Å². The van der Waals surface area contributed by atoms with E-state index < -0.39 is 0 Å². The van der Waals surface area contributed by atoms with Gasteiger partial charge in [0.1, 0.15) is 5.75 Å². The van der Waals surface area contributed by atoms with Crippen LogP contribution in [0, 0.1) is 0 Å². The van der Waals surface area contributed by atoms with Gasteiger partial charge in [-0.05, 0) is 15.9 Å². The lowest BCUT2D eigenvalue weighted by Crippen LogP contribution is -1.92. The molecule has 0 bridgehead atoms. The molecule has 0 radical (unpaired) electrons. The van der Waals surface area contributed by atoms with Gasteiger partial charge in [0.15, 0.2) is 11.5 Å². The molecular formula is C8H8BrClO3. The molecule has 1 aromatic carbocycles. The molecule has 0 atom stereocenters. The van der Waals surface area contributed by atoms with E-state index in [1.807, 2.05) is 6.07 Å². The molecule has 0 saturated carbocycles. The number of fused-ring (bicyclic) bond motifs is 1. The molecule has 0 fully saturated rings. The second-order valence-corrected chi connectivity index (χ2v) is 3.19. The smallest absolute Gasteiger partial charge is 0.231 e. The average molecular weight is 268 g/mol. The number of rotatable bonds is 1. The summed E-state index contributed by atoms with van der Waals surface area (Å²) in [7, 11) is 1.61. The highest BCUT2D eigenvalue weighted by Gasteiger charge is 2.16. The second-order valence-electron chi connectivity index (χ2n) is 2.34. The van der Waals surface area contributed by atoms with Crippen LogP contribution in [0.5, 0.6) is 17.2 Å². The Labute approximate surface area is 90.5 Å². The Balaban J connectivity index is 0.000000845. The van der Waals surface area contributed by atoms with E-state index in [2.05, 4.69) is 15.9 Å². The zero-order valence-corrected chi connectivity index (χ0v) is 9.28. The van der Waals surface area contributed by atoms with Crippen LogP contribution in [-0.4, -0.2) is 13.9 Å². The van der Waals surface area contributed by atoms with Gasteiger partial charge in [-0.1, -0.05) is 0 Å². The minimum Gasteiger partial charge on any atom is -0.495 e. The predicted molar refractivity (Wildman–Crippen MR) is 54.1 cm³/mol. The van der Waals surface area contributed by atoms with Crippen molar-refractivity contribution in [2.45, 2.75) is 0 Å². The zero-order chi connectivity index (χ0) is 8.55. The third kappa shape index (κ3) is 1.84. The van der Waals surface area contributed by atoms with Crippen molar-refractivity contribution in [2.24, 2.45) is 0 Å². The predicted octanol–water partition coefficient (Wildman–Crippen LogP) is 2.61. The Morgan fingerprint density at radius 2 is 1.92 bits per heavy atom. The van der Waals surface area contributed by atoms with E-state index in [4.69, 9.17) is 14.2 Å². The van der Waals surface area contributed by atoms with Crippen molar-refractivity contribution in [2.75, 3.05) is 13.9 Å². The molecule has 0 aromatic heterocycles. The van der Waals surface area contributed by atoms with Crippen LogP contribution in [0.25, 0.3) is 0 Å². The van der Waals surface area contributed by atoms with Crippen LogP contribution in [-0.2, 0) is 0 Å². The third-order valence-corrected chi connectivity index (χ3v) is 2.27. The van der Waals surface area contributed by atoms with Gasteiger partial charge in [-0.2, -0.15) is 0 Å². The molecule has 0 spiro atoms. The number of methoxy groups -OCH3 is 1. The first-order valence-electron chi connectivity index (χ1n) is 3.44. The first-order valence-corrected chi connectivity index (χ1v) is 4.23. The summed E-state index contributed by atoms with van der Waals surface area (Å²) in [6, 6.07) is 3.63. The number of benzene rings is 1. The van der Waals surface area contributed by atoms with Crippen LogP contribution in [0.3, 0.4) is 0 Å².